The van der Waals surface area contributed by atoms with Crippen molar-refractivity contribution in [3.63, 3.8) is 0 Å². The number of nitrogens with one attached hydrogen (secondary N) is 1. The average molecular weight is 151 g/mol. The molecule has 11 heavy (non-hydrogen) atoms. The van der Waals surface area contributed by atoms with E-state index in [-0.39, 0.29) is 6.23 Å². The van der Waals surface area contributed by atoms with E-state index in [9.17, 15) is 5.11 Å². The van der Waals surface area contributed by atoms with Crippen LogP contribution < -0.4 is 5.48 Å². The Morgan fingerprint density at radius 2 is 2.27 bits per heavy atom. The third-order valence-electron chi connectivity index (χ3n) is 1.79. The SMILES string of the molecule is Cc1cccc(C2NO2)c1O. The molecule has 1 aromatic carbocycles. The molecule has 1 heterocycles. The van der Waals surface area contributed by atoms with Crippen molar-refractivity contribution in [3.8, 4) is 5.75 Å². The minimum Gasteiger partial charge on any atom is -0.507 e. The Balaban J connectivity index is 2.45. The molecule has 1 aromatic rings. The number of hydroxylamine groups is 1. The number of phenols is 1. The van der Waals surface area contributed by atoms with E-state index in [1.54, 1.807) is 0 Å². The number of hydrogen-bond acceptors (Lipinski definition) is 3. The molecule has 0 spiro atoms. The number of phenolic OH excluding ortho intramolecular Hbond substituents is 1. The fraction of sp³-hybridized carbons (Fsp3) is 0.250. The fourth-order valence-electron chi connectivity index (χ4n) is 1.05. The summed E-state index contributed by atoms with van der Waals surface area (Å²) in [7, 11) is 0. The van der Waals surface area contributed by atoms with Gasteiger partial charge < -0.3 is 5.11 Å². The van der Waals surface area contributed by atoms with Gasteiger partial charge in [0.15, 0.2) is 6.23 Å². The van der Waals surface area contributed by atoms with E-state index in [1.165, 1.54) is 0 Å². The second-order valence-electron chi connectivity index (χ2n) is 2.63. The zero-order valence-corrected chi connectivity index (χ0v) is 6.16. The van der Waals surface area contributed by atoms with Crippen LogP contribution >= 0.6 is 0 Å². The van der Waals surface area contributed by atoms with Crippen molar-refractivity contribution in [2.75, 3.05) is 0 Å². The summed E-state index contributed by atoms with van der Waals surface area (Å²) < 4.78 is 0. The molecule has 0 bridgehead atoms. The van der Waals surface area contributed by atoms with E-state index in [2.05, 4.69) is 5.48 Å². The minimum absolute atomic E-state index is 0.102. The second kappa shape index (κ2) is 2.22. The zero-order valence-electron chi connectivity index (χ0n) is 6.16. The molecule has 1 saturated heterocycles. The van der Waals surface area contributed by atoms with E-state index in [1.807, 2.05) is 25.1 Å². The van der Waals surface area contributed by atoms with Gasteiger partial charge >= 0.3 is 0 Å². The molecular weight excluding hydrogens is 142 g/mol. The Hall–Kier alpha value is -1.06. The molecule has 0 saturated carbocycles. The lowest BCUT2D eigenvalue weighted by atomic mass is 10.1. The van der Waals surface area contributed by atoms with Crippen molar-refractivity contribution >= 4 is 0 Å². The maximum atomic E-state index is 9.49. The van der Waals surface area contributed by atoms with E-state index in [0.29, 0.717) is 5.75 Å². The van der Waals surface area contributed by atoms with Gasteiger partial charge in [-0.25, -0.2) is 0 Å². The molecule has 0 aliphatic carbocycles. The highest BCUT2D eigenvalue weighted by Gasteiger charge is 2.27. The number of rotatable bonds is 1. The van der Waals surface area contributed by atoms with Gasteiger partial charge in [-0.3, -0.25) is 4.84 Å². The van der Waals surface area contributed by atoms with E-state index < -0.39 is 0 Å². The molecule has 2 rings (SSSR count). The third kappa shape index (κ3) is 1.08. The molecular formula is C8H9NO2. The van der Waals surface area contributed by atoms with Crippen LogP contribution in [0, 0.1) is 6.92 Å². The number of para-hydroxylation sites is 1. The maximum absolute atomic E-state index is 9.49. The first-order valence-corrected chi connectivity index (χ1v) is 3.48. The van der Waals surface area contributed by atoms with Crippen LogP contribution in [0.4, 0.5) is 0 Å². The predicted molar refractivity (Wildman–Crippen MR) is 39.8 cm³/mol. The molecule has 2 N–H and O–H groups in total. The molecule has 1 fully saturated rings. The van der Waals surface area contributed by atoms with E-state index in [4.69, 9.17) is 4.84 Å². The summed E-state index contributed by atoms with van der Waals surface area (Å²) in [6, 6.07) is 5.60. The fourth-order valence-corrected chi connectivity index (χ4v) is 1.05. The first-order valence-electron chi connectivity index (χ1n) is 3.48. The van der Waals surface area contributed by atoms with Crippen molar-refractivity contribution in [3.05, 3.63) is 29.3 Å². The summed E-state index contributed by atoms with van der Waals surface area (Å²) in [5, 5.41) is 9.49. The molecule has 1 aliphatic rings. The van der Waals surface area contributed by atoms with Crippen molar-refractivity contribution in [1.82, 2.24) is 5.48 Å². The molecule has 1 aliphatic heterocycles. The van der Waals surface area contributed by atoms with Crippen LogP contribution in [0.3, 0.4) is 0 Å². The van der Waals surface area contributed by atoms with Gasteiger partial charge in [0, 0.05) is 5.56 Å². The lowest BCUT2D eigenvalue weighted by Crippen LogP contribution is -1.86. The van der Waals surface area contributed by atoms with Crippen LogP contribution in [0.5, 0.6) is 5.75 Å². The molecule has 1 unspecified atom stereocenters. The van der Waals surface area contributed by atoms with Crippen molar-refractivity contribution < 1.29 is 9.94 Å². The standard InChI is InChI=1S/C8H9NO2/c1-5-3-2-4-6(7(5)10)8-9-11-8/h2-4,8-10H,1H3. The Kier molecular flexibility index (Phi) is 1.34. The van der Waals surface area contributed by atoms with Crippen LogP contribution in [-0.2, 0) is 4.84 Å². The summed E-state index contributed by atoms with van der Waals surface area (Å²) in [5.41, 5.74) is 4.34. The second-order valence-corrected chi connectivity index (χ2v) is 2.63. The highest BCUT2D eigenvalue weighted by molar-refractivity contribution is 5.41. The van der Waals surface area contributed by atoms with Gasteiger partial charge in [-0.2, -0.15) is 5.48 Å². The highest BCUT2D eigenvalue weighted by Crippen LogP contribution is 2.32. The summed E-state index contributed by atoms with van der Waals surface area (Å²) in [6.45, 7) is 1.86. The van der Waals surface area contributed by atoms with Gasteiger partial charge in [-0.1, -0.05) is 18.2 Å². The monoisotopic (exact) mass is 151 g/mol. The van der Waals surface area contributed by atoms with Crippen molar-refractivity contribution in [2.45, 2.75) is 13.2 Å². The van der Waals surface area contributed by atoms with Gasteiger partial charge in [0.2, 0.25) is 0 Å². The normalized spacial score (nSPS) is 21.7. The van der Waals surface area contributed by atoms with Crippen LogP contribution in [0.15, 0.2) is 18.2 Å². The molecule has 0 aromatic heterocycles. The lowest BCUT2D eigenvalue weighted by Gasteiger charge is -2.01. The van der Waals surface area contributed by atoms with Crippen molar-refractivity contribution in [2.24, 2.45) is 0 Å². The predicted octanol–water partition coefficient (Wildman–Crippen LogP) is 1.23. The molecule has 0 amide bonds. The van der Waals surface area contributed by atoms with Crippen LogP contribution in [-0.4, -0.2) is 5.11 Å². The smallest absolute Gasteiger partial charge is 0.180 e. The first kappa shape index (κ1) is 6.64. The summed E-state index contributed by atoms with van der Waals surface area (Å²) in [6.07, 6.45) is -0.102. The zero-order chi connectivity index (χ0) is 7.84. The number of aromatic hydroxyl groups is 1. The van der Waals surface area contributed by atoms with Gasteiger partial charge in [0.1, 0.15) is 5.75 Å². The highest BCUT2D eigenvalue weighted by atomic mass is 16.8. The topological polar surface area (TPSA) is 54.7 Å². The number of hydrogen-bond donors (Lipinski definition) is 2. The maximum Gasteiger partial charge on any atom is 0.180 e. The van der Waals surface area contributed by atoms with Gasteiger partial charge in [-0.15, -0.1) is 0 Å². The van der Waals surface area contributed by atoms with E-state index in [0.717, 1.165) is 11.1 Å². The van der Waals surface area contributed by atoms with Crippen LogP contribution in [0.2, 0.25) is 0 Å². The quantitative estimate of drug-likeness (QED) is 0.593. The molecule has 1 atom stereocenters. The molecule has 3 nitrogen and oxygen atoms in total. The Bertz CT molecular complexity index is 281. The van der Waals surface area contributed by atoms with Crippen LogP contribution in [0.1, 0.15) is 17.4 Å². The summed E-state index contributed by atoms with van der Waals surface area (Å²) in [5.74, 6) is 0.322. The van der Waals surface area contributed by atoms with Gasteiger partial charge in [0.25, 0.3) is 0 Å². The van der Waals surface area contributed by atoms with Gasteiger partial charge in [0.05, 0.1) is 0 Å². The Morgan fingerprint density at radius 1 is 1.55 bits per heavy atom. The largest absolute Gasteiger partial charge is 0.507 e. The molecule has 58 valence electrons. The summed E-state index contributed by atoms with van der Waals surface area (Å²) >= 11 is 0. The molecule has 0 radical (unpaired) electrons. The number of aryl methyl sites for hydroxylation is 1. The number of benzene rings is 1. The average Bonchev–Trinajstić information content (AvgIpc) is 2.77. The van der Waals surface area contributed by atoms with Crippen LogP contribution in [0.25, 0.3) is 0 Å². The van der Waals surface area contributed by atoms with E-state index >= 15 is 0 Å². The lowest BCUT2D eigenvalue weighted by molar-refractivity contribution is 0.367. The van der Waals surface area contributed by atoms with Crippen molar-refractivity contribution in [1.29, 1.82) is 0 Å². The Labute approximate surface area is 64.6 Å². The van der Waals surface area contributed by atoms with Gasteiger partial charge in [-0.05, 0) is 12.5 Å². The molecule has 3 heteroatoms. The summed E-state index contributed by atoms with van der Waals surface area (Å²) in [4.78, 5) is 4.82. The third-order valence-corrected chi connectivity index (χ3v) is 1.79. The Morgan fingerprint density at radius 3 is 2.91 bits per heavy atom. The first-order chi connectivity index (χ1) is 5.29. The minimum atomic E-state index is -0.102.